The smallest absolute Gasteiger partial charge is 0.158 e. The number of hydrogen-bond acceptors (Lipinski definition) is 2. The number of hydrogen-bond donors (Lipinski definition) is 0. The van der Waals surface area contributed by atoms with E-state index in [1.807, 2.05) is 13.8 Å². The lowest BCUT2D eigenvalue weighted by Gasteiger charge is -1.99. The van der Waals surface area contributed by atoms with Crippen molar-refractivity contribution in [2.24, 2.45) is 0 Å². The molecule has 0 fully saturated rings. The van der Waals surface area contributed by atoms with E-state index in [2.05, 4.69) is 0 Å². The van der Waals surface area contributed by atoms with E-state index in [-0.39, 0.29) is 5.78 Å². The zero-order chi connectivity index (χ0) is 7.98. The first kappa shape index (κ1) is 9.21. The lowest BCUT2D eigenvalue weighted by molar-refractivity contribution is -0.114. The molecule has 0 atom stereocenters. The first-order valence-corrected chi connectivity index (χ1v) is 3.52. The van der Waals surface area contributed by atoms with Gasteiger partial charge in [-0.15, -0.1) is 0 Å². The largest absolute Gasteiger partial charge is 0.501 e. The van der Waals surface area contributed by atoms with Gasteiger partial charge in [0.2, 0.25) is 0 Å². The highest BCUT2D eigenvalue weighted by molar-refractivity contribution is 5.89. The van der Waals surface area contributed by atoms with Crippen LogP contribution in [0, 0.1) is 0 Å². The lowest BCUT2D eigenvalue weighted by atomic mass is 10.2. The van der Waals surface area contributed by atoms with Crippen LogP contribution < -0.4 is 0 Å². The summed E-state index contributed by atoms with van der Waals surface area (Å²) in [4.78, 5) is 10.8. The minimum atomic E-state index is 0.124. The summed E-state index contributed by atoms with van der Waals surface area (Å²) >= 11 is 0. The van der Waals surface area contributed by atoms with Crippen LogP contribution in [0.5, 0.6) is 0 Å². The minimum Gasteiger partial charge on any atom is -0.501 e. The third-order valence-corrected chi connectivity index (χ3v) is 1.28. The van der Waals surface area contributed by atoms with Crippen molar-refractivity contribution >= 4 is 5.78 Å². The molecule has 0 saturated carbocycles. The van der Waals surface area contributed by atoms with Crippen molar-refractivity contribution < 1.29 is 9.53 Å². The molecule has 0 radical (unpaired) electrons. The van der Waals surface area contributed by atoms with Crippen molar-refractivity contribution in [3.05, 3.63) is 11.8 Å². The van der Waals surface area contributed by atoms with Gasteiger partial charge in [-0.3, -0.25) is 4.79 Å². The summed E-state index contributed by atoms with van der Waals surface area (Å²) in [5, 5.41) is 0. The third kappa shape index (κ3) is 3.28. The molecular formula is C8H14O2. The number of ketones is 1. The molecule has 0 unspecified atom stereocenters. The molecule has 0 spiro atoms. The first-order valence-electron chi connectivity index (χ1n) is 3.52. The van der Waals surface area contributed by atoms with Crippen LogP contribution in [0.3, 0.4) is 0 Å². The van der Waals surface area contributed by atoms with Gasteiger partial charge in [0.1, 0.15) is 0 Å². The first-order chi connectivity index (χ1) is 4.74. The van der Waals surface area contributed by atoms with Gasteiger partial charge in [0.15, 0.2) is 5.78 Å². The number of methoxy groups -OCH3 is 1. The number of rotatable bonds is 4. The zero-order valence-electron chi connectivity index (χ0n) is 6.81. The fourth-order valence-electron chi connectivity index (χ4n) is 0.587. The monoisotopic (exact) mass is 142 g/mol. The van der Waals surface area contributed by atoms with Crippen LogP contribution in [0.4, 0.5) is 0 Å². The SMILES string of the molecule is CCC(=O)/C=C(\CC)OC. The minimum absolute atomic E-state index is 0.124. The summed E-state index contributed by atoms with van der Waals surface area (Å²) in [5.41, 5.74) is 0. The Labute approximate surface area is 61.9 Å². The summed E-state index contributed by atoms with van der Waals surface area (Å²) in [6.07, 6.45) is 2.88. The van der Waals surface area contributed by atoms with Crippen molar-refractivity contribution in [3.63, 3.8) is 0 Å². The second kappa shape index (κ2) is 5.03. The Balaban J connectivity index is 3.96. The third-order valence-electron chi connectivity index (χ3n) is 1.28. The molecule has 0 aromatic rings. The Morgan fingerprint density at radius 2 is 2.00 bits per heavy atom. The van der Waals surface area contributed by atoms with Crippen LogP contribution in [0.1, 0.15) is 26.7 Å². The van der Waals surface area contributed by atoms with Crippen LogP contribution in [0.2, 0.25) is 0 Å². The molecule has 2 heteroatoms. The summed E-state index contributed by atoms with van der Waals surface area (Å²) < 4.78 is 4.91. The molecule has 0 aromatic carbocycles. The van der Waals surface area contributed by atoms with E-state index in [0.29, 0.717) is 6.42 Å². The quantitative estimate of drug-likeness (QED) is 0.442. The maximum absolute atomic E-state index is 10.8. The van der Waals surface area contributed by atoms with E-state index in [1.54, 1.807) is 13.2 Å². The van der Waals surface area contributed by atoms with Gasteiger partial charge in [0.05, 0.1) is 12.9 Å². The second-order valence-electron chi connectivity index (χ2n) is 1.99. The Morgan fingerprint density at radius 3 is 2.30 bits per heavy atom. The summed E-state index contributed by atoms with van der Waals surface area (Å²) in [7, 11) is 1.58. The molecule has 0 rings (SSSR count). The maximum Gasteiger partial charge on any atom is 0.158 e. The van der Waals surface area contributed by atoms with Gasteiger partial charge in [-0.05, 0) is 0 Å². The van der Waals surface area contributed by atoms with E-state index in [1.165, 1.54) is 0 Å². The maximum atomic E-state index is 10.8. The standard InChI is InChI=1S/C8H14O2/c1-4-7(9)6-8(5-2)10-3/h6H,4-5H2,1-3H3/b8-6+. The molecule has 10 heavy (non-hydrogen) atoms. The Morgan fingerprint density at radius 1 is 1.40 bits per heavy atom. The lowest BCUT2D eigenvalue weighted by Crippen LogP contribution is -1.93. The summed E-state index contributed by atoms with van der Waals surface area (Å²) in [5.74, 6) is 0.880. The highest BCUT2D eigenvalue weighted by Crippen LogP contribution is 2.01. The van der Waals surface area contributed by atoms with Crippen molar-refractivity contribution in [3.8, 4) is 0 Å². The number of allylic oxidation sites excluding steroid dienone is 2. The van der Waals surface area contributed by atoms with Gasteiger partial charge in [0.25, 0.3) is 0 Å². The van der Waals surface area contributed by atoms with Crippen LogP contribution in [0.15, 0.2) is 11.8 Å². The molecule has 0 aromatic heterocycles. The fourth-order valence-corrected chi connectivity index (χ4v) is 0.587. The molecule has 0 N–H and O–H groups in total. The topological polar surface area (TPSA) is 26.3 Å². The van der Waals surface area contributed by atoms with E-state index >= 15 is 0 Å². The van der Waals surface area contributed by atoms with Crippen molar-refractivity contribution in [1.82, 2.24) is 0 Å². The van der Waals surface area contributed by atoms with Crippen LogP contribution in [0.25, 0.3) is 0 Å². The molecule has 0 bridgehead atoms. The van der Waals surface area contributed by atoms with Gasteiger partial charge >= 0.3 is 0 Å². The Bertz CT molecular complexity index is 130. The fraction of sp³-hybridized carbons (Fsp3) is 0.625. The van der Waals surface area contributed by atoms with Gasteiger partial charge in [-0.2, -0.15) is 0 Å². The molecule has 0 amide bonds. The molecule has 0 heterocycles. The second-order valence-corrected chi connectivity index (χ2v) is 1.99. The Hall–Kier alpha value is -0.790. The normalized spacial score (nSPS) is 11.3. The van der Waals surface area contributed by atoms with Gasteiger partial charge in [0, 0.05) is 18.9 Å². The molecule has 58 valence electrons. The van der Waals surface area contributed by atoms with Crippen LogP contribution in [-0.2, 0) is 9.53 Å². The van der Waals surface area contributed by atoms with E-state index in [9.17, 15) is 4.79 Å². The van der Waals surface area contributed by atoms with E-state index in [4.69, 9.17) is 4.74 Å². The molecule has 0 aliphatic heterocycles. The van der Waals surface area contributed by atoms with Crippen molar-refractivity contribution in [2.75, 3.05) is 7.11 Å². The van der Waals surface area contributed by atoms with Gasteiger partial charge < -0.3 is 4.74 Å². The van der Waals surface area contributed by atoms with Gasteiger partial charge in [-0.1, -0.05) is 13.8 Å². The van der Waals surface area contributed by atoms with Crippen LogP contribution in [-0.4, -0.2) is 12.9 Å². The number of ether oxygens (including phenoxy) is 1. The average Bonchev–Trinajstić information content (AvgIpc) is 1.99. The molecule has 0 saturated heterocycles. The summed E-state index contributed by atoms with van der Waals surface area (Å²) in [6, 6.07) is 0. The van der Waals surface area contributed by atoms with Crippen LogP contribution >= 0.6 is 0 Å². The van der Waals surface area contributed by atoms with Gasteiger partial charge in [-0.25, -0.2) is 0 Å². The predicted molar refractivity (Wildman–Crippen MR) is 40.7 cm³/mol. The molecule has 2 nitrogen and oxygen atoms in total. The predicted octanol–water partition coefficient (Wildman–Crippen LogP) is 1.91. The molecule has 0 aliphatic rings. The zero-order valence-corrected chi connectivity index (χ0v) is 6.81. The molecule has 0 aliphatic carbocycles. The summed E-state index contributed by atoms with van der Waals surface area (Å²) in [6.45, 7) is 3.79. The van der Waals surface area contributed by atoms with E-state index < -0.39 is 0 Å². The van der Waals surface area contributed by atoms with Crippen molar-refractivity contribution in [1.29, 1.82) is 0 Å². The molecular weight excluding hydrogens is 128 g/mol. The number of carbonyl (C=O) groups is 1. The number of carbonyl (C=O) groups excluding carboxylic acids is 1. The average molecular weight is 142 g/mol. The highest BCUT2D eigenvalue weighted by atomic mass is 16.5. The Kier molecular flexibility index (Phi) is 4.63. The highest BCUT2D eigenvalue weighted by Gasteiger charge is 1.95. The van der Waals surface area contributed by atoms with E-state index in [0.717, 1.165) is 12.2 Å². The van der Waals surface area contributed by atoms with Crippen molar-refractivity contribution in [2.45, 2.75) is 26.7 Å².